The van der Waals surface area contributed by atoms with E-state index in [1.165, 1.54) is 15.5 Å². The minimum atomic E-state index is 0.572. The molecule has 1 aliphatic heterocycles. The van der Waals surface area contributed by atoms with E-state index in [0.29, 0.717) is 21.0 Å². The van der Waals surface area contributed by atoms with E-state index in [-0.39, 0.29) is 0 Å². The van der Waals surface area contributed by atoms with Crippen LogP contribution in [0.25, 0.3) is 0 Å². The van der Waals surface area contributed by atoms with Gasteiger partial charge in [-0.2, -0.15) is 0 Å². The van der Waals surface area contributed by atoms with Crippen molar-refractivity contribution in [1.29, 1.82) is 0 Å². The van der Waals surface area contributed by atoms with Crippen LogP contribution in [-0.2, 0) is 0 Å². The van der Waals surface area contributed by atoms with E-state index in [1.54, 1.807) is 0 Å². The fraction of sp³-hybridized carbons (Fsp3) is 0.154. The number of rotatable bonds is 1. The first kappa shape index (κ1) is 9.14. The average molecular weight is 261 g/mol. The van der Waals surface area contributed by atoms with Crippen molar-refractivity contribution in [3.05, 3.63) is 60.3 Å². The first-order valence-corrected chi connectivity index (χ1v) is 7.20. The maximum atomic E-state index is 2.43. The Labute approximate surface area is 95.9 Å². The molecule has 0 spiro atoms. The summed E-state index contributed by atoms with van der Waals surface area (Å²) in [6.07, 6.45) is 2.21. The summed E-state index contributed by atoms with van der Waals surface area (Å²) in [5.41, 5.74) is 1.44. The van der Waals surface area contributed by atoms with Crippen LogP contribution in [0.1, 0.15) is 11.6 Å². The zero-order valence-corrected chi connectivity index (χ0v) is 10.0. The molecule has 1 aliphatic rings. The average Bonchev–Trinajstić information content (AvgIpc) is 2.74. The van der Waals surface area contributed by atoms with E-state index in [2.05, 4.69) is 59.3 Å². The molecule has 2 aromatic rings. The molecule has 74 valence electrons. The standard InChI is InChI=1S/C13H12NSe/c1-2-6-11(7-3-1)12-10-15-13-8-4-5-9-14(12)13/h1-9,12H,10H2/q+1. The van der Waals surface area contributed by atoms with Gasteiger partial charge in [0.05, 0.1) is 0 Å². The number of aromatic nitrogens is 1. The molecule has 3 rings (SSSR count). The van der Waals surface area contributed by atoms with Gasteiger partial charge in [0.1, 0.15) is 0 Å². The van der Waals surface area contributed by atoms with Crippen molar-refractivity contribution in [2.75, 3.05) is 0 Å². The fourth-order valence-electron chi connectivity index (χ4n) is 2.00. The monoisotopic (exact) mass is 262 g/mol. The summed E-state index contributed by atoms with van der Waals surface area (Å²) in [6.45, 7) is 0. The molecule has 0 aliphatic carbocycles. The molecule has 0 saturated carbocycles. The van der Waals surface area contributed by atoms with Gasteiger partial charge in [-0.05, 0) is 0 Å². The van der Waals surface area contributed by atoms with Gasteiger partial charge in [0.2, 0.25) is 0 Å². The summed E-state index contributed by atoms with van der Waals surface area (Å²) in [5.74, 6) is 0. The summed E-state index contributed by atoms with van der Waals surface area (Å²) < 4.78 is 3.94. The molecule has 2 heterocycles. The van der Waals surface area contributed by atoms with E-state index in [1.807, 2.05) is 0 Å². The number of benzene rings is 1. The van der Waals surface area contributed by atoms with Crippen molar-refractivity contribution >= 4 is 19.5 Å². The van der Waals surface area contributed by atoms with Gasteiger partial charge in [-0.15, -0.1) is 0 Å². The van der Waals surface area contributed by atoms with Gasteiger partial charge in [-0.25, -0.2) is 0 Å². The van der Waals surface area contributed by atoms with Crippen LogP contribution in [0.15, 0.2) is 54.7 Å². The van der Waals surface area contributed by atoms with E-state index in [9.17, 15) is 0 Å². The van der Waals surface area contributed by atoms with Gasteiger partial charge < -0.3 is 0 Å². The van der Waals surface area contributed by atoms with Crippen molar-refractivity contribution in [3.63, 3.8) is 0 Å². The Morgan fingerprint density at radius 1 is 1.00 bits per heavy atom. The number of hydrogen-bond acceptors (Lipinski definition) is 0. The molecule has 1 aromatic carbocycles. The number of fused-ring (bicyclic) bond motifs is 1. The topological polar surface area (TPSA) is 3.88 Å². The third-order valence-corrected chi connectivity index (χ3v) is 5.12. The van der Waals surface area contributed by atoms with E-state index in [0.717, 1.165) is 0 Å². The normalized spacial score (nSPS) is 18.8. The summed E-state index contributed by atoms with van der Waals surface area (Å²) in [7, 11) is 0. The van der Waals surface area contributed by atoms with E-state index < -0.39 is 0 Å². The van der Waals surface area contributed by atoms with Crippen molar-refractivity contribution < 1.29 is 4.57 Å². The first-order chi connectivity index (χ1) is 7.45. The minimum absolute atomic E-state index is 0.572. The third-order valence-electron chi connectivity index (χ3n) is 2.76. The Balaban J connectivity index is 2.05. The van der Waals surface area contributed by atoms with Crippen LogP contribution < -0.4 is 9.16 Å². The molecule has 1 nitrogen and oxygen atoms in total. The van der Waals surface area contributed by atoms with Gasteiger partial charge in [0.25, 0.3) is 0 Å². The molecule has 1 aromatic heterocycles. The second-order valence-electron chi connectivity index (χ2n) is 3.68. The quantitative estimate of drug-likeness (QED) is 0.538. The van der Waals surface area contributed by atoms with Crippen LogP contribution in [0, 0.1) is 0 Å². The molecule has 0 radical (unpaired) electrons. The molecule has 1 atom stereocenters. The van der Waals surface area contributed by atoms with E-state index in [4.69, 9.17) is 0 Å². The summed E-state index contributed by atoms with van der Waals surface area (Å²) in [4.78, 5) is 0. The third kappa shape index (κ3) is 1.60. The second-order valence-corrected chi connectivity index (χ2v) is 5.87. The van der Waals surface area contributed by atoms with Gasteiger partial charge in [-0.1, -0.05) is 0 Å². The maximum absolute atomic E-state index is 2.43. The van der Waals surface area contributed by atoms with Crippen molar-refractivity contribution in [1.82, 2.24) is 0 Å². The molecular formula is C13H12NSe+. The summed E-state index contributed by atoms with van der Waals surface area (Å²) in [6, 6.07) is 17.9. The van der Waals surface area contributed by atoms with Crippen LogP contribution in [0.5, 0.6) is 0 Å². The van der Waals surface area contributed by atoms with Crippen molar-refractivity contribution in [2.45, 2.75) is 11.4 Å². The molecular weight excluding hydrogens is 249 g/mol. The SMILES string of the molecule is c1ccc(C2C[Se]c3cccc[n+]32)cc1. The Kier molecular flexibility index (Phi) is 2.32. The molecule has 2 heteroatoms. The van der Waals surface area contributed by atoms with Crippen LogP contribution in [0.4, 0.5) is 0 Å². The Morgan fingerprint density at radius 3 is 2.67 bits per heavy atom. The Bertz CT molecular complexity index is 467. The molecule has 0 saturated heterocycles. The zero-order valence-electron chi connectivity index (χ0n) is 8.34. The molecule has 0 N–H and O–H groups in total. The van der Waals surface area contributed by atoms with Gasteiger partial charge in [0.15, 0.2) is 0 Å². The van der Waals surface area contributed by atoms with Crippen LogP contribution in [0.3, 0.4) is 0 Å². The van der Waals surface area contributed by atoms with Crippen LogP contribution in [0.2, 0.25) is 5.32 Å². The predicted molar refractivity (Wildman–Crippen MR) is 61.4 cm³/mol. The molecule has 15 heavy (non-hydrogen) atoms. The predicted octanol–water partition coefficient (Wildman–Crippen LogP) is 1.32. The number of pyridine rings is 1. The fourth-order valence-corrected chi connectivity index (χ4v) is 4.50. The second kappa shape index (κ2) is 3.80. The van der Waals surface area contributed by atoms with Crippen molar-refractivity contribution in [3.8, 4) is 0 Å². The summed E-state index contributed by atoms with van der Waals surface area (Å²) in [5, 5.41) is 1.29. The molecule has 0 fully saturated rings. The van der Waals surface area contributed by atoms with Crippen LogP contribution in [-0.4, -0.2) is 15.0 Å². The summed E-state index contributed by atoms with van der Waals surface area (Å²) >= 11 is 0.641. The molecule has 0 bridgehead atoms. The van der Waals surface area contributed by atoms with Crippen molar-refractivity contribution in [2.24, 2.45) is 0 Å². The number of hydrogen-bond donors (Lipinski definition) is 0. The number of nitrogens with zero attached hydrogens (tertiary/aromatic N) is 1. The molecule has 1 unspecified atom stereocenters. The van der Waals surface area contributed by atoms with Gasteiger partial charge >= 0.3 is 95.8 Å². The molecule has 0 amide bonds. The van der Waals surface area contributed by atoms with E-state index >= 15 is 0 Å². The van der Waals surface area contributed by atoms with Gasteiger partial charge in [0, 0.05) is 0 Å². The first-order valence-electron chi connectivity index (χ1n) is 5.13. The Hall–Kier alpha value is -1.11. The Morgan fingerprint density at radius 2 is 1.80 bits per heavy atom. The van der Waals surface area contributed by atoms with Gasteiger partial charge in [-0.3, -0.25) is 0 Å². The zero-order chi connectivity index (χ0) is 10.1. The van der Waals surface area contributed by atoms with Crippen LogP contribution >= 0.6 is 0 Å².